The molecular formula is C17H15NO5S. The van der Waals surface area contributed by atoms with E-state index in [4.69, 9.17) is 9.47 Å². The third-order valence-electron chi connectivity index (χ3n) is 3.75. The number of hydrogen-bond donors (Lipinski definition) is 0. The van der Waals surface area contributed by atoms with Crippen molar-refractivity contribution in [1.29, 1.82) is 0 Å². The Kier molecular flexibility index (Phi) is 4.02. The predicted molar refractivity (Wildman–Crippen MR) is 89.5 cm³/mol. The molecule has 0 amide bonds. The van der Waals surface area contributed by atoms with E-state index in [2.05, 4.69) is 0 Å². The molecule has 0 bridgehead atoms. The number of para-hydroxylation sites is 1. The van der Waals surface area contributed by atoms with E-state index in [-0.39, 0.29) is 10.5 Å². The van der Waals surface area contributed by atoms with Gasteiger partial charge in [0.1, 0.15) is 17.0 Å². The summed E-state index contributed by atoms with van der Waals surface area (Å²) in [5, 5.41) is 0.515. The molecular weight excluding hydrogens is 330 g/mol. The van der Waals surface area contributed by atoms with E-state index in [9.17, 15) is 13.2 Å². The number of methoxy groups -OCH3 is 2. The van der Waals surface area contributed by atoms with Gasteiger partial charge in [-0.3, -0.25) is 4.79 Å². The number of benzene rings is 2. The van der Waals surface area contributed by atoms with E-state index in [1.54, 1.807) is 30.3 Å². The molecule has 1 heterocycles. The summed E-state index contributed by atoms with van der Waals surface area (Å²) in [5.41, 5.74) is 0.610. The molecule has 0 radical (unpaired) electrons. The van der Waals surface area contributed by atoms with Crippen molar-refractivity contribution in [2.45, 2.75) is 4.90 Å². The molecule has 0 N–H and O–H groups in total. The van der Waals surface area contributed by atoms with Crippen LogP contribution in [0.1, 0.15) is 10.4 Å². The van der Waals surface area contributed by atoms with Crippen LogP contribution in [-0.2, 0) is 10.0 Å². The molecule has 0 aliphatic carbocycles. The molecule has 0 saturated carbocycles. The highest BCUT2D eigenvalue weighted by molar-refractivity contribution is 7.90. The highest BCUT2D eigenvalue weighted by atomic mass is 32.2. The molecule has 0 aliphatic rings. The minimum Gasteiger partial charge on any atom is -0.497 e. The molecule has 3 rings (SSSR count). The minimum atomic E-state index is -3.89. The van der Waals surface area contributed by atoms with Crippen LogP contribution >= 0.6 is 0 Å². The monoisotopic (exact) mass is 345 g/mol. The lowest BCUT2D eigenvalue weighted by atomic mass is 10.2. The van der Waals surface area contributed by atoms with Crippen LogP contribution in [0.25, 0.3) is 10.9 Å². The normalized spacial score (nSPS) is 11.4. The fourth-order valence-corrected chi connectivity index (χ4v) is 3.94. The number of nitrogens with zero attached hydrogens (tertiary/aromatic N) is 1. The first-order chi connectivity index (χ1) is 11.5. The molecule has 3 aromatic rings. The number of fused-ring (bicyclic) bond motifs is 1. The summed E-state index contributed by atoms with van der Waals surface area (Å²) in [6, 6.07) is 11.1. The van der Waals surface area contributed by atoms with E-state index in [0.29, 0.717) is 28.7 Å². The zero-order chi connectivity index (χ0) is 17.3. The molecule has 0 fully saturated rings. The van der Waals surface area contributed by atoms with E-state index < -0.39 is 10.0 Å². The summed E-state index contributed by atoms with van der Waals surface area (Å²) in [4.78, 5) is 11.4. The van der Waals surface area contributed by atoms with Gasteiger partial charge in [-0.05, 0) is 30.3 Å². The Labute approximate surface area is 139 Å². The maximum absolute atomic E-state index is 13.0. The predicted octanol–water partition coefficient (Wildman–Crippen LogP) is 2.71. The number of hydrogen-bond acceptors (Lipinski definition) is 5. The summed E-state index contributed by atoms with van der Waals surface area (Å²) in [7, 11) is -0.935. The standard InChI is InChI=1S/C17H15NO5S/c1-22-13-6-8-14(9-7-13)24(20,21)18-10-12(11-19)15-4-3-5-16(23-2)17(15)18/h3-11H,1-2H3. The van der Waals surface area contributed by atoms with Crippen molar-refractivity contribution in [2.75, 3.05) is 14.2 Å². The fraction of sp³-hybridized carbons (Fsp3) is 0.118. The maximum atomic E-state index is 13.0. The highest BCUT2D eigenvalue weighted by Gasteiger charge is 2.23. The molecule has 0 aliphatic heterocycles. The van der Waals surface area contributed by atoms with Gasteiger partial charge in [0.05, 0.1) is 19.1 Å². The van der Waals surface area contributed by atoms with Crippen LogP contribution in [0.2, 0.25) is 0 Å². The topological polar surface area (TPSA) is 74.6 Å². The first kappa shape index (κ1) is 16.1. The quantitative estimate of drug-likeness (QED) is 0.665. The lowest BCUT2D eigenvalue weighted by molar-refractivity contribution is 0.112. The van der Waals surface area contributed by atoms with Crippen molar-refractivity contribution in [3.63, 3.8) is 0 Å². The molecule has 0 spiro atoms. The Balaban J connectivity index is 2.29. The van der Waals surface area contributed by atoms with Gasteiger partial charge in [-0.1, -0.05) is 12.1 Å². The Hall–Kier alpha value is -2.80. The molecule has 0 saturated heterocycles. The highest BCUT2D eigenvalue weighted by Crippen LogP contribution is 2.32. The van der Waals surface area contributed by atoms with Crippen LogP contribution in [-0.4, -0.2) is 32.9 Å². The van der Waals surface area contributed by atoms with Crippen LogP contribution in [0.4, 0.5) is 0 Å². The van der Waals surface area contributed by atoms with E-state index in [0.717, 1.165) is 3.97 Å². The van der Waals surface area contributed by atoms with Crippen LogP contribution in [0.3, 0.4) is 0 Å². The summed E-state index contributed by atoms with van der Waals surface area (Å²) in [6.45, 7) is 0. The smallest absolute Gasteiger partial charge is 0.268 e. The average Bonchev–Trinajstić information content (AvgIpc) is 3.01. The van der Waals surface area contributed by atoms with Crippen LogP contribution in [0, 0.1) is 0 Å². The van der Waals surface area contributed by atoms with Crippen molar-refractivity contribution < 1.29 is 22.7 Å². The zero-order valence-electron chi connectivity index (χ0n) is 13.1. The summed E-state index contributed by atoms with van der Waals surface area (Å²) in [6.07, 6.45) is 1.93. The van der Waals surface area contributed by atoms with Crippen molar-refractivity contribution in [1.82, 2.24) is 3.97 Å². The van der Waals surface area contributed by atoms with E-state index in [1.807, 2.05) is 0 Å². The Morgan fingerprint density at radius 1 is 1.00 bits per heavy atom. The third kappa shape index (κ3) is 2.43. The Morgan fingerprint density at radius 2 is 1.71 bits per heavy atom. The van der Waals surface area contributed by atoms with Gasteiger partial charge >= 0.3 is 0 Å². The molecule has 2 aromatic carbocycles. The van der Waals surface area contributed by atoms with Crippen LogP contribution in [0.15, 0.2) is 53.6 Å². The lowest BCUT2D eigenvalue weighted by Gasteiger charge is -2.10. The summed E-state index contributed by atoms with van der Waals surface area (Å²) < 4.78 is 37.4. The van der Waals surface area contributed by atoms with Gasteiger partial charge < -0.3 is 9.47 Å². The lowest BCUT2D eigenvalue weighted by Crippen LogP contribution is -2.12. The second-order valence-electron chi connectivity index (χ2n) is 5.04. The van der Waals surface area contributed by atoms with Gasteiger partial charge in [0.15, 0.2) is 6.29 Å². The van der Waals surface area contributed by atoms with Crippen LogP contribution < -0.4 is 9.47 Å². The largest absolute Gasteiger partial charge is 0.497 e. The first-order valence-electron chi connectivity index (χ1n) is 7.06. The van der Waals surface area contributed by atoms with Crippen molar-refractivity contribution >= 4 is 27.2 Å². The van der Waals surface area contributed by atoms with E-state index in [1.165, 1.54) is 32.5 Å². The second-order valence-corrected chi connectivity index (χ2v) is 6.85. The molecule has 24 heavy (non-hydrogen) atoms. The van der Waals surface area contributed by atoms with E-state index >= 15 is 0 Å². The first-order valence-corrected chi connectivity index (χ1v) is 8.50. The summed E-state index contributed by atoms with van der Waals surface area (Å²) >= 11 is 0. The number of aromatic nitrogens is 1. The SMILES string of the molecule is COc1ccc(S(=O)(=O)n2cc(C=O)c3cccc(OC)c32)cc1. The van der Waals surface area contributed by atoms with Gasteiger partial charge in [0.25, 0.3) is 10.0 Å². The fourth-order valence-electron chi connectivity index (χ4n) is 2.55. The number of carbonyl (C=O) groups is 1. The zero-order valence-corrected chi connectivity index (χ0v) is 13.9. The van der Waals surface area contributed by atoms with Gasteiger partial charge in [0, 0.05) is 17.1 Å². The average molecular weight is 345 g/mol. The number of rotatable bonds is 5. The number of carbonyl (C=O) groups excluding carboxylic acids is 1. The molecule has 124 valence electrons. The van der Waals surface area contributed by atoms with Crippen molar-refractivity contribution in [2.24, 2.45) is 0 Å². The minimum absolute atomic E-state index is 0.0866. The van der Waals surface area contributed by atoms with Gasteiger partial charge in [-0.25, -0.2) is 12.4 Å². The molecule has 0 atom stereocenters. The van der Waals surface area contributed by atoms with Crippen molar-refractivity contribution in [3.05, 3.63) is 54.2 Å². The third-order valence-corrected chi connectivity index (χ3v) is 5.42. The number of aldehydes is 1. The Bertz CT molecular complexity index is 1000. The summed E-state index contributed by atoms with van der Waals surface area (Å²) in [5.74, 6) is 0.926. The van der Waals surface area contributed by atoms with Crippen LogP contribution in [0.5, 0.6) is 11.5 Å². The molecule has 1 aromatic heterocycles. The van der Waals surface area contributed by atoms with Crippen molar-refractivity contribution in [3.8, 4) is 11.5 Å². The number of ether oxygens (including phenoxy) is 2. The van der Waals surface area contributed by atoms with Gasteiger partial charge in [-0.15, -0.1) is 0 Å². The maximum Gasteiger partial charge on any atom is 0.268 e. The molecule has 0 unspecified atom stereocenters. The Morgan fingerprint density at radius 3 is 2.29 bits per heavy atom. The second kappa shape index (κ2) is 6.01. The van der Waals surface area contributed by atoms with Gasteiger partial charge in [0.2, 0.25) is 0 Å². The van der Waals surface area contributed by atoms with Gasteiger partial charge in [-0.2, -0.15) is 0 Å². The molecule has 7 heteroatoms. The molecule has 6 nitrogen and oxygen atoms in total.